The Bertz CT molecular complexity index is 485. The van der Waals surface area contributed by atoms with Crippen molar-refractivity contribution in [2.24, 2.45) is 5.73 Å². The minimum absolute atomic E-state index is 0.00294. The van der Waals surface area contributed by atoms with Crippen LogP contribution in [0.5, 0.6) is 5.75 Å². The highest BCUT2D eigenvalue weighted by atomic mass is 35.5. The van der Waals surface area contributed by atoms with Crippen LogP contribution in [0.15, 0.2) is 24.3 Å². The first-order valence-electron chi connectivity index (χ1n) is 6.08. The van der Waals surface area contributed by atoms with E-state index in [0.717, 1.165) is 0 Å². The molecule has 0 saturated carbocycles. The van der Waals surface area contributed by atoms with Crippen molar-refractivity contribution in [1.82, 2.24) is 4.90 Å². The van der Waals surface area contributed by atoms with E-state index in [1.165, 1.54) is 4.90 Å². The molecule has 0 unspecified atom stereocenters. The van der Waals surface area contributed by atoms with E-state index in [2.05, 4.69) is 0 Å². The van der Waals surface area contributed by atoms with Crippen LogP contribution in [0, 0.1) is 0 Å². The van der Waals surface area contributed by atoms with Crippen LogP contribution < -0.4 is 10.5 Å². The van der Waals surface area contributed by atoms with E-state index in [4.69, 9.17) is 22.1 Å². The van der Waals surface area contributed by atoms with Gasteiger partial charge in [0.1, 0.15) is 11.9 Å². The van der Waals surface area contributed by atoms with E-state index in [9.17, 15) is 9.59 Å². The van der Waals surface area contributed by atoms with E-state index in [-0.39, 0.29) is 6.10 Å². The molecule has 1 aromatic rings. The predicted octanol–water partition coefficient (Wildman–Crippen LogP) is 1.20. The SMILES string of the molecule is NC(=O)C(=O)N1CCC(Oc2ccccc2Cl)CC1. The van der Waals surface area contributed by atoms with Gasteiger partial charge in [-0.15, -0.1) is 0 Å². The van der Waals surface area contributed by atoms with Crippen LogP contribution in [0.3, 0.4) is 0 Å². The molecule has 6 heteroatoms. The molecule has 2 N–H and O–H groups in total. The molecule has 1 fully saturated rings. The summed E-state index contributed by atoms with van der Waals surface area (Å²) < 4.78 is 5.79. The molecule has 1 aliphatic heterocycles. The van der Waals surface area contributed by atoms with E-state index in [1.54, 1.807) is 6.07 Å². The first-order chi connectivity index (χ1) is 9.08. The number of carbonyl (C=O) groups excluding carboxylic acids is 2. The van der Waals surface area contributed by atoms with Crippen molar-refractivity contribution < 1.29 is 14.3 Å². The fourth-order valence-electron chi connectivity index (χ4n) is 2.05. The smallest absolute Gasteiger partial charge is 0.311 e. The van der Waals surface area contributed by atoms with Crippen molar-refractivity contribution in [2.45, 2.75) is 18.9 Å². The molecule has 1 aromatic carbocycles. The van der Waals surface area contributed by atoms with Crippen molar-refractivity contribution in [3.8, 4) is 5.75 Å². The van der Waals surface area contributed by atoms with Gasteiger partial charge in [0.2, 0.25) is 0 Å². The number of halogens is 1. The first-order valence-corrected chi connectivity index (χ1v) is 6.45. The Labute approximate surface area is 116 Å². The molecule has 0 aromatic heterocycles. The van der Waals surface area contributed by atoms with Crippen LogP contribution in [0.4, 0.5) is 0 Å². The van der Waals surface area contributed by atoms with Crippen LogP contribution in [0.25, 0.3) is 0 Å². The topological polar surface area (TPSA) is 72.6 Å². The summed E-state index contributed by atoms with van der Waals surface area (Å²) in [6.07, 6.45) is 1.31. The maximum Gasteiger partial charge on any atom is 0.311 e. The summed E-state index contributed by atoms with van der Waals surface area (Å²) in [6.45, 7) is 0.938. The number of amides is 2. The van der Waals surface area contributed by atoms with Gasteiger partial charge >= 0.3 is 11.8 Å². The molecule has 102 valence electrons. The molecule has 0 atom stereocenters. The quantitative estimate of drug-likeness (QED) is 0.828. The molecule has 0 spiro atoms. The number of piperidine rings is 1. The van der Waals surface area contributed by atoms with Crippen LogP contribution >= 0.6 is 11.6 Å². The number of nitrogens with two attached hydrogens (primary N) is 1. The zero-order valence-electron chi connectivity index (χ0n) is 10.3. The molecule has 2 rings (SSSR count). The Morgan fingerprint density at radius 3 is 2.47 bits per heavy atom. The highest BCUT2D eigenvalue weighted by Gasteiger charge is 2.26. The fraction of sp³-hybridized carbons (Fsp3) is 0.385. The van der Waals surface area contributed by atoms with Crippen LogP contribution in [-0.4, -0.2) is 35.9 Å². The highest BCUT2D eigenvalue weighted by molar-refractivity contribution is 6.34. The maximum atomic E-state index is 11.4. The third kappa shape index (κ3) is 3.38. The first kappa shape index (κ1) is 13.7. The molecule has 5 nitrogen and oxygen atoms in total. The lowest BCUT2D eigenvalue weighted by atomic mass is 10.1. The van der Waals surface area contributed by atoms with Gasteiger partial charge in [-0.3, -0.25) is 9.59 Å². The standard InChI is InChI=1S/C13H15ClN2O3/c14-10-3-1-2-4-11(10)19-9-5-7-16(8-6-9)13(18)12(15)17/h1-4,9H,5-8H2,(H2,15,17). The molecule has 0 bridgehead atoms. The van der Waals surface area contributed by atoms with Crippen molar-refractivity contribution >= 4 is 23.4 Å². The van der Waals surface area contributed by atoms with Crippen molar-refractivity contribution in [3.63, 3.8) is 0 Å². The number of carbonyl (C=O) groups is 2. The van der Waals surface area contributed by atoms with Crippen molar-refractivity contribution in [2.75, 3.05) is 13.1 Å². The van der Waals surface area contributed by atoms with E-state index in [0.29, 0.717) is 36.7 Å². The van der Waals surface area contributed by atoms with Gasteiger partial charge in [-0.25, -0.2) is 0 Å². The number of primary amides is 1. The summed E-state index contributed by atoms with van der Waals surface area (Å²) in [5, 5.41) is 0.568. The molecular weight excluding hydrogens is 268 g/mol. The Balaban J connectivity index is 1.89. The second kappa shape index (κ2) is 5.93. The van der Waals surface area contributed by atoms with Gasteiger partial charge in [-0.1, -0.05) is 23.7 Å². The van der Waals surface area contributed by atoms with Gasteiger partial charge in [0.05, 0.1) is 5.02 Å². The van der Waals surface area contributed by atoms with Gasteiger partial charge < -0.3 is 15.4 Å². The average molecular weight is 283 g/mol. The fourth-order valence-corrected chi connectivity index (χ4v) is 2.23. The zero-order chi connectivity index (χ0) is 13.8. The second-order valence-corrected chi connectivity index (χ2v) is 4.81. The summed E-state index contributed by atoms with van der Waals surface area (Å²) in [5.74, 6) is -0.898. The Morgan fingerprint density at radius 1 is 1.26 bits per heavy atom. The molecular formula is C13H15ClN2O3. The normalized spacial score (nSPS) is 16.2. The maximum absolute atomic E-state index is 11.4. The lowest BCUT2D eigenvalue weighted by Crippen LogP contribution is -2.46. The Hall–Kier alpha value is -1.75. The van der Waals surface area contributed by atoms with Gasteiger partial charge in [-0.05, 0) is 12.1 Å². The lowest BCUT2D eigenvalue weighted by Gasteiger charge is -2.31. The van der Waals surface area contributed by atoms with E-state index >= 15 is 0 Å². The summed E-state index contributed by atoms with van der Waals surface area (Å²) in [6, 6.07) is 7.27. The zero-order valence-corrected chi connectivity index (χ0v) is 11.1. The Kier molecular flexibility index (Phi) is 4.27. The molecule has 1 heterocycles. The third-order valence-electron chi connectivity index (χ3n) is 3.07. The number of likely N-dealkylation sites (tertiary alicyclic amines) is 1. The summed E-state index contributed by atoms with van der Waals surface area (Å²) >= 11 is 6.01. The Morgan fingerprint density at radius 2 is 1.89 bits per heavy atom. The summed E-state index contributed by atoms with van der Waals surface area (Å²) in [5.41, 5.74) is 4.97. The number of rotatable bonds is 2. The van der Waals surface area contributed by atoms with Crippen molar-refractivity contribution in [1.29, 1.82) is 0 Å². The number of nitrogens with zero attached hydrogens (tertiary/aromatic N) is 1. The molecule has 0 radical (unpaired) electrons. The monoisotopic (exact) mass is 282 g/mol. The van der Waals surface area contributed by atoms with Gasteiger partial charge in [0, 0.05) is 25.9 Å². The minimum atomic E-state index is -0.912. The molecule has 19 heavy (non-hydrogen) atoms. The number of ether oxygens (including phenoxy) is 1. The second-order valence-electron chi connectivity index (χ2n) is 4.40. The number of hydrogen-bond acceptors (Lipinski definition) is 3. The molecule has 1 saturated heterocycles. The van der Waals surface area contributed by atoms with Crippen LogP contribution in [0.1, 0.15) is 12.8 Å². The molecule has 1 aliphatic rings. The number of benzene rings is 1. The third-order valence-corrected chi connectivity index (χ3v) is 3.38. The highest BCUT2D eigenvalue weighted by Crippen LogP contribution is 2.26. The minimum Gasteiger partial charge on any atom is -0.489 e. The predicted molar refractivity (Wildman–Crippen MR) is 70.9 cm³/mol. The van der Waals surface area contributed by atoms with Crippen LogP contribution in [0.2, 0.25) is 5.02 Å². The van der Waals surface area contributed by atoms with E-state index in [1.807, 2.05) is 18.2 Å². The molecule has 0 aliphatic carbocycles. The lowest BCUT2D eigenvalue weighted by molar-refractivity contribution is -0.145. The number of hydrogen-bond donors (Lipinski definition) is 1. The average Bonchev–Trinajstić information content (AvgIpc) is 2.41. The summed E-state index contributed by atoms with van der Waals surface area (Å²) in [4.78, 5) is 23.7. The van der Waals surface area contributed by atoms with Gasteiger partial charge in [-0.2, -0.15) is 0 Å². The van der Waals surface area contributed by atoms with Crippen LogP contribution in [-0.2, 0) is 9.59 Å². The van der Waals surface area contributed by atoms with Gasteiger partial charge in [0.15, 0.2) is 0 Å². The molecule has 2 amide bonds. The number of para-hydroxylation sites is 1. The van der Waals surface area contributed by atoms with Crippen molar-refractivity contribution in [3.05, 3.63) is 29.3 Å². The largest absolute Gasteiger partial charge is 0.489 e. The van der Waals surface area contributed by atoms with Gasteiger partial charge in [0.25, 0.3) is 0 Å². The van der Waals surface area contributed by atoms with E-state index < -0.39 is 11.8 Å². The summed E-state index contributed by atoms with van der Waals surface area (Å²) in [7, 11) is 0.